The van der Waals surface area contributed by atoms with Crippen LogP contribution in [0.5, 0.6) is 0 Å². The highest BCUT2D eigenvalue weighted by molar-refractivity contribution is 5.78. The molecule has 0 aliphatic carbocycles. The largest absolute Gasteiger partial charge is 0.481 e. The molecule has 5 nitrogen and oxygen atoms in total. The van der Waals surface area contributed by atoms with Gasteiger partial charge in [0.05, 0.1) is 13.0 Å². The van der Waals surface area contributed by atoms with Gasteiger partial charge in [-0.3, -0.25) is 14.5 Å². The number of rotatable bonds is 6. The predicted molar refractivity (Wildman–Crippen MR) is 62.3 cm³/mol. The minimum atomic E-state index is -0.838. The van der Waals surface area contributed by atoms with Crippen LogP contribution in [-0.4, -0.2) is 47.1 Å². The van der Waals surface area contributed by atoms with Gasteiger partial charge in [-0.05, 0) is 27.3 Å². The summed E-state index contributed by atoms with van der Waals surface area (Å²) < 4.78 is 0. The first-order valence-corrected chi connectivity index (χ1v) is 5.49. The maximum Gasteiger partial charge on any atom is 0.304 e. The number of likely N-dealkylation sites (N-methyl/N-ethyl adjacent to an activating group) is 1. The van der Waals surface area contributed by atoms with Crippen molar-refractivity contribution in [1.82, 2.24) is 10.2 Å². The average molecular weight is 230 g/mol. The Labute approximate surface area is 96.8 Å². The van der Waals surface area contributed by atoms with Gasteiger partial charge in [-0.2, -0.15) is 0 Å². The number of aliphatic carboxylic acids is 1. The molecule has 0 unspecified atom stereocenters. The summed E-state index contributed by atoms with van der Waals surface area (Å²) in [6.07, 6.45) is 0.0661. The Kier molecular flexibility index (Phi) is 6.03. The van der Waals surface area contributed by atoms with Gasteiger partial charge in [0.2, 0.25) is 5.91 Å². The van der Waals surface area contributed by atoms with Crippen molar-refractivity contribution in [3.05, 3.63) is 0 Å². The van der Waals surface area contributed by atoms with E-state index in [1.165, 1.54) is 0 Å². The second-order valence-electron chi connectivity index (χ2n) is 4.81. The average Bonchev–Trinajstić information content (AvgIpc) is 2.08. The van der Waals surface area contributed by atoms with Gasteiger partial charge in [-0.1, -0.05) is 6.92 Å². The summed E-state index contributed by atoms with van der Waals surface area (Å²) in [6, 6.07) is 0. The third-order valence-electron chi connectivity index (χ3n) is 1.97. The number of carbonyl (C=O) groups excluding carboxylic acids is 1. The molecule has 1 amide bonds. The number of nitrogens with zero attached hydrogens (tertiary/aromatic N) is 1. The molecule has 2 N–H and O–H groups in total. The molecular formula is C11H22N2O3. The summed E-state index contributed by atoms with van der Waals surface area (Å²) in [5, 5.41) is 11.4. The molecule has 0 rings (SSSR count). The summed E-state index contributed by atoms with van der Waals surface area (Å²) in [5.74, 6) is -0.908. The normalized spacial score (nSPS) is 11.6. The first-order chi connectivity index (χ1) is 7.24. The molecule has 0 aliphatic rings. The molecule has 0 radical (unpaired) electrons. The minimum Gasteiger partial charge on any atom is -0.481 e. The van der Waals surface area contributed by atoms with E-state index >= 15 is 0 Å². The monoisotopic (exact) mass is 230 g/mol. The van der Waals surface area contributed by atoms with Gasteiger partial charge in [0, 0.05) is 12.1 Å². The number of carboxylic acid groups (broad SMARTS) is 1. The Balaban J connectivity index is 4.02. The van der Waals surface area contributed by atoms with Crippen molar-refractivity contribution in [2.45, 2.75) is 39.7 Å². The Morgan fingerprint density at radius 3 is 2.25 bits per heavy atom. The highest BCUT2D eigenvalue weighted by Crippen LogP contribution is 1.99. The molecule has 0 saturated carbocycles. The first kappa shape index (κ1) is 14.9. The van der Waals surface area contributed by atoms with Crippen LogP contribution in [0, 0.1) is 0 Å². The fraction of sp³-hybridized carbons (Fsp3) is 0.818. The lowest BCUT2D eigenvalue weighted by Crippen LogP contribution is -2.46. The second-order valence-corrected chi connectivity index (χ2v) is 4.81. The van der Waals surface area contributed by atoms with Crippen LogP contribution in [0.2, 0.25) is 0 Å². The summed E-state index contributed by atoms with van der Waals surface area (Å²) in [5.41, 5.74) is -0.247. The van der Waals surface area contributed by atoms with E-state index in [0.717, 1.165) is 0 Å². The molecular weight excluding hydrogens is 208 g/mol. The minimum absolute atomic E-state index is 0.0661. The second kappa shape index (κ2) is 6.48. The molecule has 0 aromatic rings. The fourth-order valence-electron chi connectivity index (χ4n) is 1.26. The molecule has 0 spiro atoms. The summed E-state index contributed by atoms with van der Waals surface area (Å²) in [4.78, 5) is 23.8. The number of hydrogen-bond acceptors (Lipinski definition) is 3. The SMILES string of the molecule is CCN(CCC(=O)O)CC(=O)NC(C)(C)C. The van der Waals surface area contributed by atoms with Crippen LogP contribution < -0.4 is 5.32 Å². The smallest absolute Gasteiger partial charge is 0.304 e. The zero-order chi connectivity index (χ0) is 12.8. The lowest BCUT2D eigenvalue weighted by atomic mass is 10.1. The van der Waals surface area contributed by atoms with Crippen molar-refractivity contribution in [3.63, 3.8) is 0 Å². The van der Waals surface area contributed by atoms with E-state index in [1.807, 2.05) is 32.6 Å². The van der Waals surface area contributed by atoms with Gasteiger partial charge in [-0.25, -0.2) is 0 Å². The van der Waals surface area contributed by atoms with E-state index in [-0.39, 0.29) is 24.4 Å². The number of carboxylic acids is 1. The molecule has 0 aromatic carbocycles. The van der Waals surface area contributed by atoms with Crippen molar-refractivity contribution >= 4 is 11.9 Å². The van der Waals surface area contributed by atoms with Crippen molar-refractivity contribution in [1.29, 1.82) is 0 Å². The summed E-state index contributed by atoms with van der Waals surface area (Å²) >= 11 is 0. The van der Waals surface area contributed by atoms with Gasteiger partial charge in [-0.15, -0.1) is 0 Å². The molecule has 0 saturated heterocycles. The van der Waals surface area contributed by atoms with Crippen LogP contribution in [0.1, 0.15) is 34.1 Å². The molecule has 0 aliphatic heterocycles. The topological polar surface area (TPSA) is 69.6 Å². The van der Waals surface area contributed by atoms with Crippen molar-refractivity contribution < 1.29 is 14.7 Å². The number of hydrogen-bond donors (Lipinski definition) is 2. The fourth-order valence-corrected chi connectivity index (χ4v) is 1.26. The Hall–Kier alpha value is -1.10. The number of amides is 1. The van der Waals surface area contributed by atoms with Crippen LogP contribution in [-0.2, 0) is 9.59 Å². The first-order valence-electron chi connectivity index (χ1n) is 5.49. The third kappa shape index (κ3) is 8.23. The number of carbonyl (C=O) groups is 2. The molecule has 0 heterocycles. The van der Waals surface area contributed by atoms with Gasteiger partial charge < -0.3 is 10.4 Å². The number of nitrogens with one attached hydrogen (secondary N) is 1. The van der Waals surface area contributed by atoms with E-state index in [2.05, 4.69) is 5.32 Å². The van der Waals surface area contributed by atoms with Crippen molar-refractivity contribution in [2.24, 2.45) is 0 Å². The van der Waals surface area contributed by atoms with Crippen molar-refractivity contribution in [2.75, 3.05) is 19.6 Å². The molecule has 0 aromatic heterocycles. The molecule has 0 fully saturated rings. The van der Waals surface area contributed by atoms with E-state index in [4.69, 9.17) is 5.11 Å². The third-order valence-corrected chi connectivity index (χ3v) is 1.97. The van der Waals surface area contributed by atoms with Crippen LogP contribution >= 0.6 is 0 Å². The standard InChI is InChI=1S/C11H22N2O3/c1-5-13(7-6-10(15)16)8-9(14)12-11(2,3)4/h5-8H2,1-4H3,(H,12,14)(H,15,16). The molecule has 16 heavy (non-hydrogen) atoms. The van der Waals surface area contributed by atoms with Gasteiger partial charge in [0.1, 0.15) is 0 Å². The van der Waals surface area contributed by atoms with E-state index in [1.54, 1.807) is 0 Å². The zero-order valence-electron chi connectivity index (χ0n) is 10.5. The lowest BCUT2D eigenvalue weighted by Gasteiger charge is -2.24. The Morgan fingerprint density at radius 2 is 1.88 bits per heavy atom. The summed E-state index contributed by atoms with van der Waals surface area (Å²) in [7, 11) is 0. The van der Waals surface area contributed by atoms with Crippen LogP contribution in [0.15, 0.2) is 0 Å². The Bertz CT molecular complexity index is 246. The van der Waals surface area contributed by atoms with Crippen LogP contribution in [0.25, 0.3) is 0 Å². The maximum atomic E-state index is 11.6. The van der Waals surface area contributed by atoms with Crippen LogP contribution in [0.3, 0.4) is 0 Å². The van der Waals surface area contributed by atoms with E-state index in [0.29, 0.717) is 13.1 Å². The van der Waals surface area contributed by atoms with Crippen molar-refractivity contribution in [3.8, 4) is 0 Å². The van der Waals surface area contributed by atoms with Gasteiger partial charge in [0.15, 0.2) is 0 Å². The molecule has 0 atom stereocenters. The highest BCUT2D eigenvalue weighted by Gasteiger charge is 2.16. The van der Waals surface area contributed by atoms with Gasteiger partial charge >= 0.3 is 5.97 Å². The maximum absolute atomic E-state index is 11.6. The Morgan fingerprint density at radius 1 is 1.31 bits per heavy atom. The highest BCUT2D eigenvalue weighted by atomic mass is 16.4. The predicted octanol–water partition coefficient (Wildman–Crippen LogP) is 0.698. The lowest BCUT2D eigenvalue weighted by molar-refractivity contribution is -0.137. The van der Waals surface area contributed by atoms with E-state index < -0.39 is 5.97 Å². The van der Waals surface area contributed by atoms with E-state index in [9.17, 15) is 9.59 Å². The molecule has 5 heteroatoms. The molecule has 94 valence electrons. The molecule has 0 bridgehead atoms. The zero-order valence-corrected chi connectivity index (χ0v) is 10.5. The quantitative estimate of drug-likeness (QED) is 0.704. The van der Waals surface area contributed by atoms with Crippen LogP contribution in [0.4, 0.5) is 0 Å². The summed E-state index contributed by atoms with van der Waals surface area (Å²) in [6.45, 7) is 8.98. The van der Waals surface area contributed by atoms with Gasteiger partial charge in [0.25, 0.3) is 0 Å².